The van der Waals surface area contributed by atoms with Crippen LogP contribution in [0, 0.1) is 6.92 Å². The van der Waals surface area contributed by atoms with E-state index in [9.17, 15) is 4.79 Å². The van der Waals surface area contributed by atoms with E-state index >= 15 is 0 Å². The number of urea groups is 1. The van der Waals surface area contributed by atoms with Gasteiger partial charge in [0, 0.05) is 18.8 Å². The number of nitrogens with one attached hydrogen (secondary N) is 1. The standard InChI is InChI=1S/C28H33N3O/c1-21-7-10-23(11-8-21)27-6-2-3-17-31(27)28(32)29-26-14-13-24-18-22(9-12-25(24)19-26)20-30-15-4-5-16-30/h7-14,18-19,27H,2-6,15-17,20H2,1H3,(H,29,32). The third-order valence-electron chi connectivity index (χ3n) is 6.99. The monoisotopic (exact) mass is 427 g/mol. The van der Waals surface area contributed by atoms with Crippen LogP contribution in [0.2, 0.25) is 0 Å². The molecule has 4 nitrogen and oxygen atoms in total. The molecule has 166 valence electrons. The van der Waals surface area contributed by atoms with Gasteiger partial charge in [-0.1, -0.05) is 48.0 Å². The summed E-state index contributed by atoms with van der Waals surface area (Å²) in [5, 5.41) is 5.57. The van der Waals surface area contributed by atoms with E-state index in [1.165, 1.54) is 53.4 Å². The first-order valence-corrected chi connectivity index (χ1v) is 12.0. The molecule has 1 unspecified atom stereocenters. The Morgan fingerprint density at radius 1 is 0.875 bits per heavy atom. The zero-order valence-electron chi connectivity index (χ0n) is 19.0. The van der Waals surface area contributed by atoms with Gasteiger partial charge < -0.3 is 10.2 Å². The van der Waals surface area contributed by atoms with Crippen molar-refractivity contribution in [1.29, 1.82) is 0 Å². The van der Waals surface area contributed by atoms with Crippen LogP contribution in [0.5, 0.6) is 0 Å². The minimum atomic E-state index is 0.000258. The molecule has 1 atom stereocenters. The van der Waals surface area contributed by atoms with Crippen LogP contribution in [0.15, 0.2) is 60.7 Å². The largest absolute Gasteiger partial charge is 0.322 e. The van der Waals surface area contributed by atoms with Crippen molar-refractivity contribution >= 4 is 22.5 Å². The molecule has 4 heteroatoms. The van der Waals surface area contributed by atoms with Crippen molar-refractivity contribution in [1.82, 2.24) is 9.80 Å². The molecule has 0 aromatic heterocycles. The maximum atomic E-state index is 13.2. The van der Waals surface area contributed by atoms with Gasteiger partial charge in [0.05, 0.1) is 6.04 Å². The first kappa shape index (κ1) is 21.0. The summed E-state index contributed by atoms with van der Waals surface area (Å²) in [5.41, 5.74) is 4.71. The van der Waals surface area contributed by atoms with Crippen molar-refractivity contribution < 1.29 is 4.79 Å². The molecule has 0 aliphatic carbocycles. The van der Waals surface area contributed by atoms with Crippen molar-refractivity contribution in [3.05, 3.63) is 77.4 Å². The molecule has 0 spiro atoms. The number of nitrogens with zero attached hydrogens (tertiary/aromatic N) is 2. The maximum absolute atomic E-state index is 13.2. The van der Waals surface area contributed by atoms with Crippen LogP contribution in [0.3, 0.4) is 0 Å². The number of anilines is 1. The average molecular weight is 428 g/mol. The van der Waals surface area contributed by atoms with E-state index in [2.05, 4.69) is 71.7 Å². The fourth-order valence-electron chi connectivity index (χ4n) is 5.18. The molecule has 1 N–H and O–H groups in total. The summed E-state index contributed by atoms with van der Waals surface area (Å²) < 4.78 is 0. The van der Waals surface area contributed by atoms with Crippen LogP contribution in [-0.2, 0) is 6.54 Å². The summed E-state index contributed by atoms with van der Waals surface area (Å²) in [6.45, 7) is 6.36. The Kier molecular flexibility index (Phi) is 6.13. The summed E-state index contributed by atoms with van der Waals surface area (Å²) in [6.07, 6.45) is 5.89. The van der Waals surface area contributed by atoms with Crippen LogP contribution in [0.1, 0.15) is 54.8 Å². The highest BCUT2D eigenvalue weighted by atomic mass is 16.2. The molecule has 2 saturated heterocycles. The molecule has 32 heavy (non-hydrogen) atoms. The second-order valence-electron chi connectivity index (χ2n) is 9.43. The molecule has 2 heterocycles. The number of carbonyl (C=O) groups excluding carboxylic acids is 1. The molecule has 0 saturated carbocycles. The second-order valence-corrected chi connectivity index (χ2v) is 9.43. The highest BCUT2D eigenvalue weighted by Crippen LogP contribution is 2.32. The summed E-state index contributed by atoms with van der Waals surface area (Å²) >= 11 is 0. The van der Waals surface area contributed by atoms with Crippen molar-refractivity contribution in [2.24, 2.45) is 0 Å². The normalized spacial score (nSPS) is 19.4. The minimum Gasteiger partial charge on any atom is -0.317 e. The van der Waals surface area contributed by atoms with Gasteiger partial charge in [-0.05, 0) is 92.2 Å². The predicted molar refractivity (Wildman–Crippen MR) is 132 cm³/mol. The minimum absolute atomic E-state index is 0.000258. The number of fused-ring (bicyclic) bond motifs is 1. The van der Waals surface area contributed by atoms with E-state index < -0.39 is 0 Å². The Balaban J connectivity index is 1.30. The van der Waals surface area contributed by atoms with Crippen molar-refractivity contribution in [3.8, 4) is 0 Å². The third kappa shape index (κ3) is 4.66. The molecule has 5 rings (SSSR count). The van der Waals surface area contributed by atoms with Crippen molar-refractivity contribution in [3.63, 3.8) is 0 Å². The Labute approximate surface area is 191 Å². The van der Waals surface area contributed by atoms with Crippen molar-refractivity contribution in [2.75, 3.05) is 25.0 Å². The first-order valence-electron chi connectivity index (χ1n) is 12.0. The summed E-state index contributed by atoms with van der Waals surface area (Å²) in [6, 6.07) is 21.7. The number of piperidine rings is 1. The van der Waals surface area contributed by atoms with Gasteiger partial charge in [0.1, 0.15) is 0 Å². The third-order valence-corrected chi connectivity index (χ3v) is 6.99. The van der Waals surface area contributed by atoms with E-state index in [4.69, 9.17) is 0 Å². The maximum Gasteiger partial charge on any atom is 0.322 e. The van der Waals surface area contributed by atoms with E-state index in [1.807, 2.05) is 11.0 Å². The smallest absolute Gasteiger partial charge is 0.317 e. The number of hydrogen-bond acceptors (Lipinski definition) is 2. The number of benzene rings is 3. The van der Waals surface area contributed by atoms with Crippen LogP contribution in [0.4, 0.5) is 10.5 Å². The Morgan fingerprint density at radius 2 is 1.59 bits per heavy atom. The van der Waals surface area contributed by atoms with Crippen molar-refractivity contribution in [2.45, 2.75) is 51.6 Å². The van der Waals surface area contributed by atoms with E-state index in [0.29, 0.717) is 0 Å². The fraction of sp³-hybridized carbons (Fsp3) is 0.393. The molecular weight excluding hydrogens is 394 g/mol. The Morgan fingerprint density at radius 3 is 2.41 bits per heavy atom. The fourth-order valence-corrected chi connectivity index (χ4v) is 5.18. The average Bonchev–Trinajstić information content (AvgIpc) is 3.33. The predicted octanol–water partition coefficient (Wildman–Crippen LogP) is 6.50. The molecule has 2 fully saturated rings. The highest BCUT2D eigenvalue weighted by Gasteiger charge is 2.28. The lowest BCUT2D eigenvalue weighted by Gasteiger charge is -2.36. The first-order chi connectivity index (χ1) is 15.7. The van der Waals surface area contributed by atoms with Crippen LogP contribution >= 0.6 is 0 Å². The number of likely N-dealkylation sites (tertiary alicyclic amines) is 2. The van der Waals surface area contributed by atoms with Crippen LogP contribution < -0.4 is 5.32 Å². The summed E-state index contributed by atoms with van der Waals surface area (Å²) in [7, 11) is 0. The van der Waals surface area contributed by atoms with Crippen LogP contribution in [-0.4, -0.2) is 35.5 Å². The molecule has 2 aliphatic rings. The number of aryl methyl sites for hydroxylation is 1. The van der Waals surface area contributed by atoms with Gasteiger partial charge in [-0.15, -0.1) is 0 Å². The molecule has 0 radical (unpaired) electrons. The highest BCUT2D eigenvalue weighted by molar-refractivity contribution is 5.94. The lowest BCUT2D eigenvalue weighted by molar-refractivity contribution is 0.163. The zero-order valence-corrected chi connectivity index (χ0v) is 19.0. The number of rotatable bonds is 4. The van der Waals surface area contributed by atoms with Gasteiger partial charge in [-0.3, -0.25) is 4.90 Å². The molecule has 3 aromatic rings. The Bertz CT molecular complexity index is 1090. The molecule has 0 bridgehead atoms. The summed E-state index contributed by atoms with van der Waals surface area (Å²) in [4.78, 5) is 17.7. The number of amides is 2. The van der Waals surface area contributed by atoms with Gasteiger partial charge in [0.2, 0.25) is 0 Å². The lowest BCUT2D eigenvalue weighted by atomic mass is 9.95. The van der Waals surface area contributed by atoms with Gasteiger partial charge in [-0.25, -0.2) is 4.79 Å². The topological polar surface area (TPSA) is 35.6 Å². The number of carbonyl (C=O) groups is 1. The quantitative estimate of drug-likeness (QED) is 0.516. The van der Waals surface area contributed by atoms with E-state index in [-0.39, 0.29) is 12.1 Å². The molecule has 2 amide bonds. The molecule has 3 aromatic carbocycles. The zero-order chi connectivity index (χ0) is 21.9. The van der Waals surface area contributed by atoms with Crippen LogP contribution in [0.25, 0.3) is 10.8 Å². The Hall–Kier alpha value is -2.85. The van der Waals surface area contributed by atoms with E-state index in [0.717, 1.165) is 38.0 Å². The SMILES string of the molecule is Cc1ccc(C2CCCCN2C(=O)Nc2ccc3cc(CN4CCCC4)ccc3c2)cc1. The van der Waals surface area contributed by atoms with E-state index in [1.54, 1.807) is 0 Å². The van der Waals surface area contributed by atoms with Gasteiger partial charge in [0.25, 0.3) is 0 Å². The molecular formula is C28H33N3O. The molecule has 2 aliphatic heterocycles. The second kappa shape index (κ2) is 9.33. The lowest BCUT2D eigenvalue weighted by Crippen LogP contribution is -2.41. The van der Waals surface area contributed by atoms with Gasteiger partial charge >= 0.3 is 6.03 Å². The van der Waals surface area contributed by atoms with Gasteiger partial charge in [-0.2, -0.15) is 0 Å². The van der Waals surface area contributed by atoms with Gasteiger partial charge in [0.15, 0.2) is 0 Å². The number of hydrogen-bond donors (Lipinski definition) is 1. The summed E-state index contributed by atoms with van der Waals surface area (Å²) in [5.74, 6) is 0.